The number of hydrogen-bond donors (Lipinski definition) is 3. The molecule has 3 rings (SSSR count). The Kier molecular flexibility index (Phi) is 7.77. The van der Waals surface area contributed by atoms with Crippen LogP contribution in [0.2, 0.25) is 0 Å². The number of amides is 1. The standard InChI is InChI=1S/C22H23N5O7/c1-33-11-10-26-19(24-20(28)15-8-9-17(34-2)16(12-15)27(31)32)18(21(29)25-22(26)30)23-13-14-6-4-3-5-7-14/h3-9,12,23H,10-11,13H2,1-2H3,(H,24,28)(H,25,29,30). The molecule has 0 aliphatic rings. The van der Waals surface area contributed by atoms with E-state index in [4.69, 9.17) is 9.47 Å². The fourth-order valence-corrected chi connectivity index (χ4v) is 3.20. The molecule has 12 nitrogen and oxygen atoms in total. The molecule has 2 aromatic carbocycles. The van der Waals surface area contributed by atoms with E-state index >= 15 is 0 Å². The summed E-state index contributed by atoms with van der Waals surface area (Å²) in [6.07, 6.45) is 0. The van der Waals surface area contributed by atoms with E-state index in [2.05, 4.69) is 15.6 Å². The first-order chi connectivity index (χ1) is 16.3. The second-order valence-electron chi connectivity index (χ2n) is 7.06. The number of nitro groups is 1. The fourth-order valence-electron chi connectivity index (χ4n) is 3.20. The minimum atomic E-state index is -0.760. The van der Waals surface area contributed by atoms with Gasteiger partial charge in [-0.2, -0.15) is 0 Å². The van der Waals surface area contributed by atoms with E-state index in [-0.39, 0.29) is 42.5 Å². The molecule has 1 heterocycles. The summed E-state index contributed by atoms with van der Waals surface area (Å²) in [6, 6.07) is 12.9. The van der Waals surface area contributed by atoms with Crippen LogP contribution in [0.15, 0.2) is 58.1 Å². The summed E-state index contributed by atoms with van der Waals surface area (Å²) in [4.78, 5) is 51.0. The number of ether oxygens (including phenoxy) is 2. The average molecular weight is 469 g/mol. The second kappa shape index (κ2) is 10.9. The van der Waals surface area contributed by atoms with E-state index in [0.717, 1.165) is 16.2 Å². The van der Waals surface area contributed by atoms with Crippen molar-refractivity contribution >= 4 is 23.1 Å². The molecule has 34 heavy (non-hydrogen) atoms. The van der Waals surface area contributed by atoms with Crippen LogP contribution in [0.25, 0.3) is 0 Å². The molecule has 0 atom stereocenters. The summed E-state index contributed by atoms with van der Waals surface area (Å²) < 4.78 is 11.1. The summed E-state index contributed by atoms with van der Waals surface area (Å²) in [6.45, 7) is 0.398. The lowest BCUT2D eigenvalue weighted by atomic mass is 10.1. The number of aromatic nitrogens is 2. The van der Waals surface area contributed by atoms with E-state index < -0.39 is 27.8 Å². The Balaban J connectivity index is 2.03. The zero-order valence-electron chi connectivity index (χ0n) is 18.5. The Labute approximate surface area is 193 Å². The number of nitro benzene ring substituents is 1. The van der Waals surface area contributed by atoms with Gasteiger partial charge >= 0.3 is 11.4 Å². The highest BCUT2D eigenvalue weighted by Crippen LogP contribution is 2.28. The largest absolute Gasteiger partial charge is 0.490 e. The number of nitrogens with one attached hydrogen (secondary N) is 3. The summed E-state index contributed by atoms with van der Waals surface area (Å²) in [5.41, 5.74) is -1.13. The van der Waals surface area contributed by atoms with Gasteiger partial charge in [0.1, 0.15) is 11.5 Å². The molecule has 0 aliphatic heterocycles. The smallest absolute Gasteiger partial charge is 0.330 e. The number of nitrogens with zero attached hydrogens (tertiary/aromatic N) is 2. The number of methoxy groups -OCH3 is 2. The van der Waals surface area contributed by atoms with Crippen LogP contribution in [0.3, 0.4) is 0 Å². The average Bonchev–Trinajstić information content (AvgIpc) is 2.83. The zero-order valence-corrected chi connectivity index (χ0v) is 18.5. The molecule has 0 radical (unpaired) electrons. The predicted octanol–water partition coefficient (Wildman–Crippen LogP) is 1.96. The first kappa shape index (κ1) is 24.2. The Morgan fingerprint density at radius 2 is 1.88 bits per heavy atom. The van der Waals surface area contributed by atoms with Gasteiger partial charge in [-0.05, 0) is 17.7 Å². The minimum absolute atomic E-state index is 0.0140. The monoisotopic (exact) mass is 469 g/mol. The van der Waals surface area contributed by atoms with E-state index in [9.17, 15) is 24.5 Å². The number of carbonyl (C=O) groups is 1. The topological polar surface area (TPSA) is 158 Å². The van der Waals surface area contributed by atoms with Gasteiger partial charge in [0, 0.05) is 25.3 Å². The summed E-state index contributed by atoms with van der Waals surface area (Å²) in [7, 11) is 2.72. The molecular formula is C22H23N5O7. The van der Waals surface area contributed by atoms with Crippen LogP contribution in [0, 0.1) is 10.1 Å². The zero-order chi connectivity index (χ0) is 24.7. The number of H-pyrrole nitrogens is 1. The summed E-state index contributed by atoms with van der Waals surface area (Å²) in [5.74, 6) is -0.866. The van der Waals surface area contributed by atoms with Crippen molar-refractivity contribution in [2.45, 2.75) is 13.1 Å². The van der Waals surface area contributed by atoms with Crippen molar-refractivity contribution in [2.75, 3.05) is 31.5 Å². The van der Waals surface area contributed by atoms with Crippen molar-refractivity contribution in [2.24, 2.45) is 0 Å². The maximum absolute atomic E-state index is 13.0. The molecule has 3 aromatic rings. The molecular weight excluding hydrogens is 446 g/mol. The van der Waals surface area contributed by atoms with Crippen molar-refractivity contribution < 1.29 is 19.2 Å². The SMILES string of the molecule is COCCn1c(NC(=O)c2ccc(OC)c([N+](=O)[O-])c2)c(NCc2ccccc2)c(=O)[nH]c1=O. The van der Waals surface area contributed by atoms with Crippen LogP contribution in [-0.4, -0.2) is 41.2 Å². The van der Waals surface area contributed by atoms with E-state index in [0.29, 0.717) is 0 Å². The maximum Gasteiger partial charge on any atom is 0.330 e. The minimum Gasteiger partial charge on any atom is -0.490 e. The summed E-state index contributed by atoms with van der Waals surface area (Å²) in [5, 5.41) is 16.8. The second-order valence-corrected chi connectivity index (χ2v) is 7.06. The van der Waals surface area contributed by atoms with Gasteiger partial charge in [0.05, 0.1) is 25.2 Å². The van der Waals surface area contributed by atoms with Crippen LogP contribution >= 0.6 is 0 Å². The molecule has 1 amide bonds. The first-order valence-corrected chi connectivity index (χ1v) is 10.1. The molecule has 1 aromatic heterocycles. The van der Waals surface area contributed by atoms with Crippen molar-refractivity contribution in [3.05, 3.63) is 90.6 Å². The molecule has 178 valence electrons. The predicted molar refractivity (Wildman–Crippen MR) is 125 cm³/mol. The molecule has 3 N–H and O–H groups in total. The molecule has 0 saturated heterocycles. The highest BCUT2D eigenvalue weighted by molar-refractivity contribution is 6.05. The summed E-state index contributed by atoms with van der Waals surface area (Å²) >= 11 is 0. The number of aromatic amines is 1. The number of anilines is 2. The van der Waals surface area contributed by atoms with Gasteiger partial charge in [0.25, 0.3) is 11.5 Å². The number of rotatable bonds is 10. The van der Waals surface area contributed by atoms with Gasteiger partial charge in [-0.15, -0.1) is 0 Å². The fraction of sp³-hybridized carbons (Fsp3) is 0.227. The van der Waals surface area contributed by atoms with E-state index in [1.165, 1.54) is 26.4 Å². The van der Waals surface area contributed by atoms with Gasteiger partial charge in [-0.25, -0.2) is 4.79 Å². The van der Waals surface area contributed by atoms with Gasteiger partial charge in [0.15, 0.2) is 5.75 Å². The molecule has 0 unspecified atom stereocenters. The van der Waals surface area contributed by atoms with Gasteiger partial charge in [-0.3, -0.25) is 29.3 Å². The third-order valence-electron chi connectivity index (χ3n) is 4.90. The molecule has 0 spiro atoms. The molecule has 0 fully saturated rings. The number of benzene rings is 2. The van der Waals surface area contributed by atoms with Crippen LogP contribution in [0.1, 0.15) is 15.9 Å². The van der Waals surface area contributed by atoms with E-state index in [1.54, 1.807) is 0 Å². The van der Waals surface area contributed by atoms with Crippen molar-refractivity contribution in [1.82, 2.24) is 9.55 Å². The Hall–Kier alpha value is -4.45. The first-order valence-electron chi connectivity index (χ1n) is 10.1. The lowest BCUT2D eigenvalue weighted by Gasteiger charge is -2.18. The van der Waals surface area contributed by atoms with Crippen molar-refractivity contribution in [3.63, 3.8) is 0 Å². The van der Waals surface area contributed by atoms with Crippen LogP contribution < -0.4 is 26.6 Å². The van der Waals surface area contributed by atoms with E-state index in [1.807, 2.05) is 30.3 Å². The number of hydrogen-bond acceptors (Lipinski definition) is 8. The normalized spacial score (nSPS) is 10.5. The van der Waals surface area contributed by atoms with Crippen molar-refractivity contribution in [1.29, 1.82) is 0 Å². The van der Waals surface area contributed by atoms with Crippen LogP contribution in [0.5, 0.6) is 5.75 Å². The van der Waals surface area contributed by atoms with Crippen molar-refractivity contribution in [3.8, 4) is 5.75 Å². The molecule has 0 saturated carbocycles. The van der Waals surface area contributed by atoms with Gasteiger partial charge in [0.2, 0.25) is 0 Å². The lowest BCUT2D eigenvalue weighted by molar-refractivity contribution is -0.385. The number of carbonyl (C=O) groups excluding carboxylic acids is 1. The molecule has 0 aliphatic carbocycles. The van der Waals surface area contributed by atoms with Gasteiger partial charge < -0.3 is 20.1 Å². The Morgan fingerprint density at radius 1 is 1.15 bits per heavy atom. The van der Waals surface area contributed by atoms with Gasteiger partial charge in [-0.1, -0.05) is 30.3 Å². The highest BCUT2D eigenvalue weighted by Gasteiger charge is 2.22. The third-order valence-corrected chi connectivity index (χ3v) is 4.90. The van der Waals surface area contributed by atoms with Crippen LogP contribution in [0.4, 0.5) is 17.2 Å². The third kappa shape index (κ3) is 5.48. The lowest BCUT2D eigenvalue weighted by Crippen LogP contribution is -2.36. The van der Waals surface area contributed by atoms with Crippen LogP contribution in [-0.2, 0) is 17.8 Å². The highest BCUT2D eigenvalue weighted by atomic mass is 16.6. The quantitative estimate of drug-likeness (QED) is 0.300. The molecule has 12 heteroatoms. The maximum atomic E-state index is 13.0. The Morgan fingerprint density at radius 3 is 2.53 bits per heavy atom. The molecule has 0 bridgehead atoms. The Bertz CT molecular complexity index is 1300.